The Morgan fingerprint density at radius 1 is 1.12 bits per heavy atom. The number of aromatic nitrogens is 5. The van der Waals surface area contributed by atoms with E-state index in [9.17, 15) is 0 Å². The molecular weight excluding hydrogens is 320 g/mol. The van der Waals surface area contributed by atoms with E-state index < -0.39 is 0 Å². The summed E-state index contributed by atoms with van der Waals surface area (Å²) in [6.07, 6.45) is 2.59. The van der Waals surface area contributed by atoms with Crippen LogP contribution in [0, 0.1) is 6.92 Å². The Hall–Kier alpha value is -2.80. The van der Waals surface area contributed by atoms with Crippen LogP contribution in [0.25, 0.3) is 16.9 Å². The second kappa shape index (κ2) is 6.37. The van der Waals surface area contributed by atoms with Crippen LogP contribution in [0.1, 0.15) is 10.0 Å². The fraction of sp³-hybridized carbons (Fsp3) is 0.176. The van der Waals surface area contributed by atoms with E-state index in [0.29, 0.717) is 0 Å². The average molecular weight is 336 g/mol. The molecule has 0 aliphatic rings. The lowest BCUT2D eigenvalue weighted by atomic mass is 10.1. The summed E-state index contributed by atoms with van der Waals surface area (Å²) in [4.78, 5) is 4.68. The van der Waals surface area contributed by atoms with E-state index in [-0.39, 0.29) is 0 Å². The van der Waals surface area contributed by atoms with Crippen LogP contribution in [0.3, 0.4) is 0 Å². The van der Waals surface area contributed by atoms with Crippen LogP contribution < -0.4 is 5.32 Å². The van der Waals surface area contributed by atoms with Gasteiger partial charge in [0.05, 0.1) is 11.9 Å². The van der Waals surface area contributed by atoms with Crippen LogP contribution in [-0.2, 0) is 6.42 Å². The van der Waals surface area contributed by atoms with E-state index in [0.717, 1.165) is 45.7 Å². The van der Waals surface area contributed by atoms with Crippen LogP contribution >= 0.6 is 11.3 Å². The molecule has 120 valence electrons. The maximum atomic E-state index is 4.68. The fourth-order valence-electron chi connectivity index (χ4n) is 2.53. The number of fused-ring (bicyclic) bond motifs is 1. The molecule has 0 unspecified atom stereocenters. The van der Waals surface area contributed by atoms with Crippen LogP contribution in [-0.4, -0.2) is 31.3 Å². The molecule has 0 aliphatic carbocycles. The number of aryl methyl sites for hydroxylation is 1. The van der Waals surface area contributed by atoms with Crippen molar-refractivity contribution in [1.29, 1.82) is 0 Å². The van der Waals surface area contributed by atoms with Crippen molar-refractivity contribution in [3.8, 4) is 11.3 Å². The van der Waals surface area contributed by atoms with Crippen molar-refractivity contribution in [2.75, 3.05) is 11.9 Å². The van der Waals surface area contributed by atoms with Crippen molar-refractivity contribution < 1.29 is 0 Å². The Balaban J connectivity index is 1.60. The maximum absolute atomic E-state index is 4.68. The topological polar surface area (TPSA) is 68.0 Å². The van der Waals surface area contributed by atoms with E-state index in [1.807, 2.05) is 41.8 Å². The molecule has 0 saturated heterocycles. The van der Waals surface area contributed by atoms with E-state index in [1.165, 1.54) is 0 Å². The minimum Gasteiger partial charge on any atom is -0.369 e. The normalized spacial score (nSPS) is 11.0. The Morgan fingerprint density at radius 3 is 2.79 bits per heavy atom. The van der Waals surface area contributed by atoms with Gasteiger partial charge in [0, 0.05) is 30.7 Å². The van der Waals surface area contributed by atoms with E-state index in [4.69, 9.17) is 0 Å². The molecule has 3 aromatic heterocycles. The lowest BCUT2D eigenvalue weighted by molar-refractivity contribution is 0.895. The molecule has 4 aromatic rings. The summed E-state index contributed by atoms with van der Waals surface area (Å²) in [5.74, 6) is 0.921. The van der Waals surface area contributed by atoms with Crippen molar-refractivity contribution in [3.05, 3.63) is 58.7 Å². The Labute approximate surface area is 143 Å². The molecule has 6 nitrogen and oxygen atoms in total. The van der Waals surface area contributed by atoms with Crippen LogP contribution in [0.15, 0.2) is 48.7 Å². The summed E-state index contributed by atoms with van der Waals surface area (Å²) in [5, 5.41) is 18.0. The zero-order chi connectivity index (χ0) is 16.4. The van der Waals surface area contributed by atoms with Crippen molar-refractivity contribution in [3.63, 3.8) is 0 Å². The predicted molar refractivity (Wildman–Crippen MR) is 95.3 cm³/mol. The smallest absolute Gasteiger partial charge is 0.157 e. The first-order valence-electron chi connectivity index (χ1n) is 7.73. The third-order valence-corrected chi connectivity index (χ3v) is 4.54. The average Bonchev–Trinajstić information content (AvgIpc) is 3.24. The van der Waals surface area contributed by atoms with Gasteiger partial charge in [-0.25, -0.2) is 4.98 Å². The van der Waals surface area contributed by atoms with Crippen molar-refractivity contribution in [1.82, 2.24) is 24.8 Å². The molecule has 0 saturated carbocycles. The Kier molecular flexibility index (Phi) is 3.92. The number of rotatable bonds is 5. The molecule has 3 heterocycles. The van der Waals surface area contributed by atoms with Gasteiger partial charge in [0.15, 0.2) is 5.65 Å². The fourth-order valence-corrected chi connectivity index (χ4v) is 3.24. The van der Waals surface area contributed by atoms with E-state index >= 15 is 0 Å². The molecule has 0 atom stereocenters. The van der Waals surface area contributed by atoms with Gasteiger partial charge in [-0.3, -0.25) is 0 Å². The molecular formula is C17H16N6S. The highest BCUT2D eigenvalue weighted by Crippen LogP contribution is 2.22. The first kappa shape index (κ1) is 14.8. The van der Waals surface area contributed by atoms with E-state index in [1.54, 1.807) is 17.5 Å². The highest BCUT2D eigenvalue weighted by molar-refractivity contribution is 7.11. The summed E-state index contributed by atoms with van der Waals surface area (Å²) < 4.78 is 1.82. The number of benzene rings is 1. The first-order valence-corrected chi connectivity index (χ1v) is 8.54. The Morgan fingerprint density at radius 2 is 2.00 bits per heavy atom. The van der Waals surface area contributed by atoms with Gasteiger partial charge in [-0.05, 0) is 6.92 Å². The van der Waals surface area contributed by atoms with Gasteiger partial charge in [-0.2, -0.15) is 9.61 Å². The number of nitrogens with zero attached hydrogens (tertiary/aromatic N) is 5. The molecule has 24 heavy (non-hydrogen) atoms. The monoisotopic (exact) mass is 336 g/mol. The standard InChI is InChI=1S/C17H16N6S/c1-12-21-22-17(24-12)8-9-18-16-11-14(13-5-3-2-4-6-13)20-15-7-10-19-23(15)16/h2-7,10-11,18H,8-9H2,1H3. The molecule has 0 fully saturated rings. The number of anilines is 1. The highest BCUT2D eigenvalue weighted by Gasteiger charge is 2.08. The van der Waals surface area contributed by atoms with E-state index in [2.05, 4.69) is 37.7 Å². The molecule has 7 heteroatoms. The van der Waals surface area contributed by atoms with Gasteiger partial charge in [0.25, 0.3) is 0 Å². The van der Waals surface area contributed by atoms with Crippen LogP contribution in [0.2, 0.25) is 0 Å². The lowest BCUT2D eigenvalue weighted by Crippen LogP contribution is -2.10. The zero-order valence-electron chi connectivity index (χ0n) is 13.2. The number of nitrogens with one attached hydrogen (secondary N) is 1. The van der Waals surface area contributed by atoms with Crippen molar-refractivity contribution in [2.45, 2.75) is 13.3 Å². The SMILES string of the molecule is Cc1nnc(CCNc2cc(-c3ccccc3)nc3ccnn23)s1. The number of hydrogen-bond acceptors (Lipinski definition) is 6. The highest BCUT2D eigenvalue weighted by atomic mass is 32.1. The summed E-state index contributed by atoms with van der Waals surface area (Å²) in [7, 11) is 0. The molecule has 0 aliphatic heterocycles. The van der Waals surface area contributed by atoms with Gasteiger partial charge >= 0.3 is 0 Å². The maximum Gasteiger partial charge on any atom is 0.157 e. The lowest BCUT2D eigenvalue weighted by Gasteiger charge is -2.10. The minimum absolute atomic E-state index is 0.766. The molecule has 4 rings (SSSR count). The van der Waals surface area contributed by atoms with Gasteiger partial charge < -0.3 is 5.32 Å². The van der Waals surface area contributed by atoms with Gasteiger partial charge in [0.1, 0.15) is 15.8 Å². The molecule has 0 radical (unpaired) electrons. The van der Waals surface area contributed by atoms with Crippen LogP contribution in [0.5, 0.6) is 0 Å². The van der Waals surface area contributed by atoms with Gasteiger partial charge in [-0.15, -0.1) is 21.5 Å². The Bertz CT molecular complexity index is 960. The second-order valence-electron chi connectivity index (χ2n) is 5.39. The minimum atomic E-state index is 0.766. The first-order chi connectivity index (χ1) is 11.8. The largest absolute Gasteiger partial charge is 0.369 e. The molecule has 0 spiro atoms. The summed E-state index contributed by atoms with van der Waals surface area (Å²) in [6.45, 7) is 2.73. The summed E-state index contributed by atoms with van der Waals surface area (Å²) in [5.41, 5.74) is 2.84. The summed E-state index contributed by atoms with van der Waals surface area (Å²) >= 11 is 1.63. The quantitative estimate of drug-likeness (QED) is 0.606. The molecule has 0 bridgehead atoms. The number of hydrogen-bond donors (Lipinski definition) is 1. The van der Waals surface area contributed by atoms with Crippen molar-refractivity contribution in [2.24, 2.45) is 0 Å². The third kappa shape index (κ3) is 2.98. The molecule has 1 N–H and O–H groups in total. The molecule has 0 amide bonds. The zero-order valence-corrected chi connectivity index (χ0v) is 14.0. The van der Waals surface area contributed by atoms with Crippen LogP contribution in [0.4, 0.5) is 5.82 Å². The van der Waals surface area contributed by atoms with Crippen molar-refractivity contribution >= 4 is 22.8 Å². The summed E-state index contributed by atoms with van der Waals surface area (Å²) in [6, 6.07) is 14.1. The third-order valence-electron chi connectivity index (χ3n) is 3.64. The van der Waals surface area contributed by atoms with Gasteiger partial charge in [0.2, 0.25) is 0 Å². The second-order valence-corrected chi connectivity index (χ2v) is 6.65. The van der Waals surface area contributed by atoms with Gasteiger partial charge in [-0.1, -0.05) is 30.3 Å². The molecule has 1 aromatic carbocycles. The predicted octanol–water partition coefficient (Wildman–Crippen LogP) is 3.21.